The minimum absolute atomic E-state index is 0.491. The summed E-state index contributed by atoms with van der Waals surface area (Å²) < 4.78 is 0.918. The van der Waals surface area contributed by atoms with Crippen molar-refractivity contribution >= 4 is 33.2 Å². The predicted molar refractivity (Wildman–Crippen MR) is 46.5 cm³/mol. The molecule has 1 aromatic rings. The van der Waals surface area contributed by atoms with Crippen molar-refractivity contribution in [3.8, 4) is 0 Å². The van der Waals surface area contributed by atoms with E-state index in [1.807, 2.05) is 6.07 Å². The lowest BCUT2D eigenvalue weighted by atomic mass is 10.4. The van der Waals surface area contributed by atoms with Gasteiger partial charge in [0.25, 0.3) is 0 Å². The SMILES string of the molecule is CNc1cc(Br)cnc1Cl. The van der Waals surface area contributed by atoms with Gasteiger partial charge in [0.05, 0.1) is 5.69 Å². The van der Waals surface area contributed by atoms with E-state index in [0.29, 0.717) is 5.15 Å². The van der Waals surface area contributed by atoms with Gasteiger partial charge in [-0.15, -0.1) is 0 Å². The van der Waals surface area contributed by atoms with E-state index in [1.54, 1.807) is 13.2 Å². The van der Waals surface area contributed by atoms with Crippen LogP contribution in [-0.2, 0) is 0 Å². The van der Waals surface area contributed by atoms with Crippen molar-refractivity contribution in [2.75, 3.05) is 12.4 Å². The second-order valence-electron chi connectivity index (χ2n) is 1.74. The van der Waals surface area contributed by atoms with Gasteiger partial charge in [-0.25, -0.2) is 4.98 Å². The standard InChI is InChI=1S/C6H6BrClN2/c1-9-5-2-4(7)3-10-6(5)8/h2-3,9H,1H3. The molecule has 0 radical (unpaired) electrons. The van der Waals surface area contributed by atoms with E-state index in [2.05, 4.69) is 26.2 Å². The van der Waals surface area contributed by atoms with Crippen LogP contribution in [0.25, 0.3) is 0 Å². The van der Waals surface area contributed by atoms with E-state index in [-0.39, 0.29) is 0 Å². The van der Waals surface area contributed by atoms with Crippen molar-refractivity contribution in [2.45, 2.75) is 0 Å². The first-order valence-corrected chi connectivity index (χ1v) is 3.90. The zero-order valence-electron chi connectivity index (χ0n) is 5.36. The summed E-state index contributed by atoms with van der Waals surface area (Å²) in [7, 11) is 1.80. The summed E-state index contributed by atoms with van der Waals surface area (Å²) in [5.41, 5.74) is 0.830. The molecule has 4 heteroatoms. The van der Waals surface area contributed by atoms with Crippen LogP contribution >= 0.6 is 27.5 Å². The predicted octanol–water partition coefficient (Wildman–Crippen LogP) is 2.54. The zero-order chi connectivity index (χ0) is 7.56. The third kappa shape index (κ3) is 1.61. The third-order valence-corrected chi connectivity index (χ3v) is 1.81. The first-order valence-electron chi connectivity index (χ1n) is 2.73. The van der Waals surface area contributed by atoms with Gasteiger partial charge < -0.3 is 5.32 Å². The summed E-state index contributed by atoms with van der Waals surface area (Å²) in [6, 6.07) is 1.87. The molecular weight excluding hydrogens is 215 g/mol. The quantitative estimate of drug-likeness (QED) is 0.737. The van der Waals surface area contributed by atoms with Crippen molar-refractivity contribution in [1.82, 2.24) is 4.98 Å². The van der Waals surface area contributed by atoms with Crippen LogP contribution in [0.3, 0.4) is 0 Å². The van der Waals surface area contributed by atoms with Gasteiger partial charge in [0.15, 0.2) is 5.15 Å². The topological polar surface area (TPSA) is 24.9 Å². The number of pyridine rings is 1. The molecule has 1 heterocycles. The van der Waals surface area contributed by atoms with Gasteiger partial charge in [-0.2, -0.15) is 0 Å². The smallest absolute Gasteiger partial charge is 0.152 e. The number of halogens is 2. The Labute approximate surface area is 72.7 Å². The average molecular weight is 221 g/mol. The summed E-state index contributed by atoms with van der Waals surface area (Å²) in [5.74, 6) is 0. The molecule has 10 heavy (non-hydrogen) atoms. The lowest BCUT2D eigenvalue weighted by Gasteiger charge is -2.00. The monoisotopic (exact) mass is 220 g/mol. The molecule has 0 atom stereocenters. The molecule has 0 aliphatic heterocycles. The van der Waals surface area contributed by atoms with E-state index in [9.17, 15) is 0 Å². The van der Waals surface area contributed by atoms with Crippen LogP contribution in [-0.4, -0.2) is 12.0 Å². The lowest BCUT2D eigenvalue weighted by molar-refractivity contribution is 1.29. The van der Waals surface area contributed by atoms with Crippen LogP contribution < -0.4 is 5.32 Å². The summed E-state index contributed by atoms with van der Waals surface area (Å²) in [6.07, 6.45) is 1.66. The Kier molecular flexibility index (Phi) is 2.51. The van der Waals surface area contributed by atoms with Gasteiger partial charge in [-0.05, 0) is 22.0 Å². The first-order chi connectivity index (χ1) is 4.74. The highest BCUT2D eigenvalue weighted by atomic mass is 79.9. The molecule has 1 rings (SSSR count). The first kappa shape index (κ1) is 7.82. The molecule has 0 spiro atoms. The highest BCUT2D eigenvalue weighted by Crippen LogP contribution is 2.21. The number of hydrogen-bond acceptors (Lipinski definition) is 2. The summed E-state index contributed by atoms with van der Waals surface area (Å²) in [5, 5.41) is 3.40. The second-order valence-corrected chi connectivity index (χ2v) is 3.02. The molecule has 0 saturated carbocycles. The molecule has 0 fully saturated rings. The molecule has 0 amide bonds. The summed E-state index contributed by atoms with van der Waals surface area (Å²) in [4.78, 5) is 3.91. The van der Waals surface area contributed by atoms with E-state index in [0.717, 1.165) is 10.2 Å². The van der Waals surface area contributed by atoms with E-state index < -0.39 is 0 Å². The van der Waals surface area contributed by atoms with Crippen LogP contribution in [0.15, 0.2) is 16.7 Å². The largest absolute Gasteiger partial charge is 0.386 e. The number of nitrogens with one attached hydrogen (secondary N) is 1. The molecule has 0 unspecified atom stereocenters. The molecule has 0 saturated heterocycles. The highest BCUT2D eigenvalue weighted by molar-refractivity contribution is 9.10. The van der Waals surface area contributed by atoms with Crippen molar-refractivity contribution in [3.05, 3.63) is 21.9 Å². The summed E-state index contributed by atoms with van der Waals surface area (Å²) in [6.45, 7) is 0. The number of aromatic nitrogens is 1. The molecule has 2 nitrogen and oxygen atoms in total. The van der Waals surface area contributed by atoms with Gasteiger partial charge in [-0.3, -0.25) is 0 Å². The Hall–Kier alpha value is -0.280. The van der Waals surface area contributed by atoms with Gasteiger partial charge in [0.2, 0.25) is 0 Å². The number of nitrogens with zero attached hydrogens (tertiary/aromatic N) is 1. The van der Waals surface area contributed by atoms with Crippen molar-refractivity contribution in [2.24, 2.45) is 0 Å². The Morgan fingerprint density at radius 1 is 1.70 bits per heavy atom. The molecule has 0 aliphatic carbocycles. The van der Waals surface area contributed by atoms with Crippen LogP contribution in [0.5, 0.6) is 0 Å². The van der Waals surface area contributed by atoms with Gasteiger partial charge in [-0.1, -0.05) is 11.6 Å². The molecular formula is C6H6BrClN2. The molecule has 1 aromatic heterocycles. The minimum Gasteiger partial charge on any atom is -0.386 e. The number of anilines is 1. The van der Waals surface area contributed by atoms with Crippen molar-refractivity contribution < 1.29 is 0 Å². The van der Waals surface area contributed by atoms with Gasteiger partial charge in [0, 0.05) is 17.7 Å². The van der Waals surface area contributed by atoms with Crippen LogP contribution in [0.4, 0.5) is 5.69 Å². The average Bonchev–Trinajstić information content (AvgIpc) is 1.94. The Morgan fingerprint density at radius 3 is 2.90 bits per heavy atom. The summed E-state index contributed by atoms with van der Waals surface area (Å²) >= 11 is 8.98. The molecule has 0 aromatic carbocycles. The van der Waals surface area contributed by atoms with Gasteiger partial charge in [0.1, 0.15) is 0 Å². The van der Waals surface area contributed by atoms with Crippen molar-refractivity contribution in [1.29, 1.82) is 0 Å². The highest BCUT2D eigenvalue weighted by Gasteiger charge is 1.97. The van der Waals surface area contributed by atoms with E-state index >= 15 is 0 Å². The molecule has 0 bridgehead atoms. The molecule has 0 aliphatic rings. The Balaban J connectivity index is 3.09. The maximum absolute atomic E-state index is 5.70. The zero-order valence-corrected chi connectivity index (χ0v) is 7.70. The van der Waals surface area contributed by atoms with Crippen LogP contribution in [0.2, 0.25) is 5.15 Å². The second kappa shape index (κ2) is 3.21. The fourth-order valence-corrected chi connectivity index (χ4v) is 1.13. The number of hydrogen-bond donors (Lipinski definition) is 1. The fraction of sp³-hybridized carbons (Fsp3) is 0.167. The Morgan fingerprint density at radius 2 is 2.40 bits per heavy atom. The fourth-order valence-electron chi connectivity index (χ4n) is 0.598. The third-order valence-electron chi connectivity index (χ3n) is 1.08. The molecule has 54 valence electrons. The Bertz CT molecular complexity index is 239. The number of rotatable bonds is 1. The van der Waals surface area contributed by atoms with E-state index in [1.165, 1.54) is 0 Å². The van der Waals surface area contributed by atoms with Crippen LogP contribution in [0, 0.1) is 0 Å². The lowest BCUT2D eigenvalue weighted by Crippen LogP contribution is -1.90. The molecule has 1 N–H and O–H groups in total. The maximum atomic E-state index is 5.70. The van der Waals surface area contributed by atoms with Gasteiger partial charge >= 0.3 is 0 Å². The minimum atomic E-state index is 0.491. The van der Waals surface area contributed by atoms with Crippen LogP contribution in [0.1, 0.15) is 0 Å². The van der Waals surface area contributed by atoms with E-state index in [4.69, 9.17) is 11.6 Å². The maximum Gasteiger partial charge on any atom is 0.152 e. The van der Waals surface area contributed by atoms with Crippen molar-refractivity contribution in [3.63, 3.8) is 0 Å². The normalized spacial score (nSPS) is 9.50.